The maximum atomic E-state index is 12.7. The summed E-state index contributed by atoms with van der Waals surface area (Å²) in [4.78, 5) is 37.7. The van der Waals surface area contributed by atoms with Crippen LogP contribution in [0.1, 0.15) is 52.1 Å². The normalized spacial score (nSPS) is 13.5. The summed E-state index contributed by atoms with van der Waals surface area (Å²) in [6.45, 7) is 7.51. The quantitative estimate of drug-likeness (QED) is 0.598. The lowest BCUT2D eigenvalue weighted by atomic mass is 9.72. The Kier molecular flexibility index (Phi) is 7.63. The van der Waals surface area contributed by atoms with Gasteiger partial charge in [0.25, 0.3) is 5.91 Å². The van der Waals surface area contributed by atoms with Gasteiger partial charge in [-0.25, -0.2) is 4.79 Å². The van der Waals surface area contributed by atoms with E-state index in [-0.39, 0.29) is 18.4 Å². The van der Waals surface area contributed by atoms with E-state index in [1.165, 1.54) is 7.11 Å². The highest BCUT2D eigenvalue weighted by molar-refractivity contribution is 6.51. The molecule has 2 amide bonds. The molecule has 8 nitrogen and oxygen atoms in total. The van der Waals surface area contributed by atoms with Gasteiger partial charge in [0.05, 0.1) is 25.2 Å². The van der Waals surface area contributed by atoms with E-state index in [0.29, 0.717) is 29.0 Å². The lowest BCUT2D eigenvalue weighted by Gasteiger charge is -2.29. The standard InChI is InChI=1S/C24H29BN2O6/c1-14(2)10-21(25-32-20-12-17(31-5)8-9-18(20)24(30)33-25)27-22(28)13-26-23(29)19-11-15(3)6-7-16(19)4/h6-9,11-12,14,21H,10,13H2,1-5H3,(H,26,29)(H,27,28)/t21-/m0/s1. The highest BCUT2D eigenvalue weighted by Gasteiger charge is 2.42. The second-order valence-corrected chi connectivity index (χ2v) is 8.56. The summed E-state index contributed by atoms with van der Waals surface area (Å²) in [5.41, 5.74) is 2.60. The fourth-order valence-electron chi connectivity index (χ4n) is 3.62. The zero-order chi connectivity index (χ0) is 24.1. The molecule has 9 heteroatoms. The number of ether oxygens (including phenoxy) is 1. The van der Waals surface area contributed by atoms with E-state index in [0.717, 1.165) is 11.1 Å². The molecule has 2 N–H and O–H groups in total. The molecule has 2 aromatic carbocycles. The van der Waals surface area contributed by atoms with Crippen LogP contribution in [0.5, 0.6) is 11.5 Å². The lowest BCUT2D eigenvalue weighted by Crippen LogP contribution is -2.55. The van der Waals surface area contributed by atoms with Crippen molar-refractivity contribution in [2.24, 2.45) is 5.92 Å². The predicted molar refractivity (Wildman–Crippen MR) is 124 cm³/mol. The summed E-state index contributed by atoms with van der Waals surface area (Å²) >= 11 is 0. The van der Waals surface area contributed by atoms with Gasteiger partial charge in [-0.15, -0.1) is 0 Å². The van der Waals surface area contributed by atoms with Crippen LogP contribution in [0.4, 0.5) is 0 Å². The first kappa shape index (κ1) is 24.2. The maximum Gasteiger partial charge on any atom is 0.620 e. The van der Waals surface area contributed by atoms with Crippen molar-refractivity contribution in [3.05, 3.63) is 58.7 Å². The minimum atomic E-state index is -1.00. The van der Waals surface area contributed by atoms with E-state index in [4.69, 9.17) is 14.0 Å². The van der Waals surface area contributed by atoms with Crippen molar-refractivity contribution < 1.29 is 28.4 Å². The molecule has 1 atom stereocenters. The number of carbonyl (C=O) groups is 3. The molecular weight excluding hydrogens is 423 g/mol. The number of aryl methyl sites for hydroxylation is 2. The number of fused-ring (bicyclic) bond motifs is 1. The van der Waals surface area contributed by atoms with Gasteiger partial charge in [0.15, 0.2) is 0 Å². The first-order valence-electron chi connectivity index (χ1n) is 10.9. The molecule has 1 aliphatic rings. The van der Waals surface area contributed by atoms with E-state index in [2.05, 4.69) is 10.6 Å². The van der Waals surface area contributed by atoms with Crippen LogP contribution in [0.2, 0.25) is 0 Å². The number of rotatable bonds is 8. The lowest BCUT2D eigenvalue weighted by molar-refractivity contribution is -0.120. The molecule has 3 rings (SSSR count). The molecule has 33 heavy (non-hydrogen) atoms. The van der Waals surface area contributed by atoms with Gasteiger partial charge in [0.1, 0.15) is 11.5 Å². The fourth-order valence-corrected chi connectivity index (χ4v) is 3.62. The third kappa shape index (κ3) is 6.06. The molecule has 174 valence electrons. The summed E-state index contributed by atoms with van der Waals surface area (Å²) < 4.78 is 16.6. The molecule has 0 fully saturated rings. The molecule has 1 heterocycles. The van der Waals surface area contributed by atoms with Crippen LogP contribution in [0.3, 0.4) is 0 Å². The minimum Gasteiger partial charge on any atom is -0.524 e. The molecule has 0 spiro atoms. The average Bonchev–Trinajstić information content (AvgIpc) is 2.77. The third-order valence-electron chi connectivity index (χ3n) is 5.32. The topological polar surface area (TPSA) is 103 Å². The largest absolute Gasteiger partial charge is 0.620 e. The summed E-state index contributed by atoms with van der Waals surface area (Å²) in [7, 11) is 0.521. The Labute approximate surface area is 194 Å². The molecule has 0 aromatic heterocycles. The first-order valence-corrected chi connectivity index (χ1v) is 10.9. The van der Waals surface area contributed by atoms with Crippen molar-refractivity contribution in [1.82, 2.24) is 10.6 Å². The molecule has 0 unspecified atom stereocenters. The number of amides is 2. The van der Waals surface area contributed by atoms with Gasteiger partial charge < -0.3 is 24.7 Å². The zero-order valence-electron chi connectivity index (χ0n) is 19.6. The van der Waals surface area contributed by atoms with Crippen LogP contribution < -0.4 is 20.0 Å². The Morgan fingerprint density at radius 1 is 1.09 bits per heavy atom. The number of benzene rings is 2. The van der Waals surface area contributed by atoms with Crippen molar-refractivity contribution in [3.63, 3.8) is 0 Å². The van der Waals surface area contributed by atoms with Gasteiger partial charge in [-0.2, -0.15) is 0 Å². The third-order valence-corrected chi connectivity index (χ3v) is 5.32. The van der Waals surface area contributed by atoms with E-state index >= 15 is 0 Å². The number of hydrogen-bond acceptors (Lipinski definition) is 6. The van der Waals surface area contributed by atoms with Crippen LogP contribution >= 0.6 is 0 Å². The van der Waals surface area contributed by atoms with Gasteiger partial charge in [0, 0.05) is 11.6 Å². The summed E-state index contributed by atoms with van der Waals surface area (Å²) in [6.07, 6.45) is 0.508. The molecule has 0 saturated carbocycles. The summed E-state index contributed by atoms with van der Waals surface area (Å²) in [6, 6.07) is 10.4. The van der Waals surface area contributed by atoms with Gasteiger partial charge in [-0.1, -0.05) is 31.5 Å². The molecular formula is C24H29BN2O6. The molecule has 0 aliphatic carbocycles. The summed E-state index contributed by atoms with van der Waals surface area (Å²) in [5, 5.41) is 5.50. The zero-order valence-corrected chi connectivity index (χ0v) is 19.6. The van der Waals surface area contributed by atoms with E-state index in [1.54, 1.807) is 24.3 Å². The van der Waals surface area contributed by atoms with Gasteiger partial charge in [-0.3, -0.25) is 9.59 Å². The Bertz CT molecular complexity index is 1060. The molecule has 2 aromatic rings. The van der Waals surface area contributed by atoms with E-state index in [9.17, 15) is 14.4 Å². The highest BCUT2D eigenvalue weighted by atomic mass is 16.6. The number of nitrogens with one attached hydrogen (secondary N) is 2. The predicted octanol–water partition coefficient (Wildman–Crippen LogP) is 2.85. The van der Waals surface area contributed by atoms with Gasteiger partial charge in [0.2, 0.25) is 5.91 Å². The van der Waals surface area contributed by atoms with Crippen LogP contribution in [0.25, 0.3) is 0 Å². The van der Waals surface area contributed by atoms with Crippen LogP contribution in [0, 0.1) is 19.8 Å². The minimum absolute atomic E-state index is 0.189. The van der Waals surface area contributed by atoms with E-state index in [1.807, 2.05) is 39.8 Å². The van der Waals surface area contributed by atoms with Crippen LogP contribution in [-0.4, -0.2) is 44.5 Å². The number of hydrogen-bond donors (Lipinski definition) is 2. The molecule has 0 radical (unpaired) electrons. The first-order chi connectivity index (χ1) is 15.7. The van der Waals surface area contributed by atoms with Crippen molar-refractivity contribution in [2.75, 3.05) is 13.7 Å². The van der Waals surface area contributed by atoms with Crippen molar-refractivity contribution >= 4 is 24.9 Å². The second-order valence-electron chi connectivity index (χ2n) is 8.56. The monoisotopic (exact) mass is 452 g/mol. The van der Waals surface area contributed by atoms with Gasteiger partial charge in [-0.05, 0) is 49.9 Å². The molecule has 0 bridgehead atoms. The Morgan fingerprint density at radius 3 is 2.55 bits per heavy atom. The van der Waals surface area contributed by atoms with Crippen molar-refractivity contribution in [3.8, 4) is 11.5 Å². The Morgan fingerprint density at radius 2 is 1.85 bits per heavy atom. The average molecular weight is 452 g/mol. The molecule has 1 aliphatic heterocycles. The highest BCUT2D eigenvalue weighted by Crippen LogP contribution is 2.30. The van der Waals surface area contributed by atoms with Crippen molar-refractivity contribution in [2.45, 2.75) is 40.1 Å². The summed E-state index contributed by atoms with van der Waals surface area (Å²) in [5.74, 6) is -0.798. The fraction of sp³-hybridized carbons (Fsp3) is 0.375. The molecule has 0 saturated heterocycles. The van der Waals surface area contributed by atoms with Crippen LogP contribution in [-0.2, 0) is 9.45 Å². The number of methoxy groups -OCH3 is 1. The SMILES string of the molecule is COc1ccc2c(c1)OB([C@H](CC(C)C)NC(=O)CNC(=O)c1cc(C)ccc1C)OC2=O. The Hall–Kier alpha value is -3.49. The number of carbonyl (C=O) groups excluding carboxylic acids is 3. The van der Waals surface area contributed by atoms with E-state index < -0.39 is 24.9 Å². The second kappa shape index (κ2) is 10.4. The smallest absolute Gasteiger partial charge is 0.524 e. The Balaban J connectivity index is 1.67. The maximum absolute atomic E-state index is 12.7. The van der Waals surface area contributed by atoms with Crippen LogP contribution in [0.15, 0.2) is 36.4 Å². The van der Waals surface area contributed by atoms with Gasteiger partial charge >= 0.3 is 13.1 Å². The van der Waals surface area contributed by atoms with Crippen molar-refractivity contribution in [1.29, 1.82) is 0 Å².